The number of likely N-dealkylation sites (tertiary alicyclic amines) is 1. The Morgan fingerprint density at radius 1 is 1.48 bits per heavy atom. The van der Waals surface area contributed by atoms with Crippen molar-refractivity contribution in [3.63, 3.8) is 0 Å². The highest BCUT2D eigenvalue weighted by atomic mass is 32.1. The standard InChI is InChI=1S/C17H22N4OS/c1-13-12-23-16(20-13)10-14-6-9-21(11-14)17(22)19-8-5-15-4-2-3-7-18-15/h2-4,7,12,14H,5-6,8-11H2,1H3,(H,19,22). The number of amides is 2. The Balaban J connectivity index is 1.40. The zero-order chi connectivity index (χ0) is 16.1. The fraction of sp³-hybridized carbons (Fsp3) is 0.471. The van der Waals surface area contributed by atoms with Gasteiger partial charge in [-0.1, -0.05) is 6.07 Å². The van der Waals surface area contributed by atoms with Crippen molar-refractivity contribution < 1.29 is 4.79 Å². The second-order valence-electron chi connectivity index (χ2n) is 5.99. The molecule has 2 amide bonds. The number of nitrogens with one attached hydrogen (secondary N) is 1. The summed E-state index contributed by atoms with van der Waals surface area (Å²) >= 11 is 1.72. The number of rotatable bonds is 5. The van der Waals surface area contributed by atoms with Gasteiger partial charge in [0.25, 0.3) is 0 Å². The minimum atomic E-state index is 0.0405. The van der Waals surface area contributed by atoms with Crippen molar-refractivity contribution in [2.24, 2.45) is 5.92 Å². The molecule has 1 fully saturated rings. The van der Waals surface area contributed by atoms with E-state index in [4.69, 9.17) is 0 Å². The highest BCUT2D eigenvalue weighted by molar-refractivity contribution is 7.09. The van der Waals surface area contributed by atoms with Crippen LogP contribution in [0.4, 0.5) is 4.79 Å². The number of pyridine rings is 1. The Hall–Kier alpha value is -1.95. The van der Waals surface area contributed by atoms with E-state index in [9.17, 15) is 4.79 Å². The van der Waals surface area contributed by atoms with Crippen molar-refractivity contribution >= 4 is 17.4 Å². The molecule has 2 aromatic rings. The third kappa shape index (κ3) is 4.51. The Morgan fingerprint density at radius 3 is 3.13 bits per heavy atom. The summed E-state index contributed by atoms with van der Waals surface area (Å²) < 4.78 is 0. The predicted molar refractivity (Wildman–Crippen MR) is 91.6 cm³/mol. The van der Waals surface area contributed by atoms with E-state index in [0.717, 1.165) is 43.7 Å². The molecule has 1 saturated heterocycles. The lowest BCUT2D eigenvalue weighted by molar-refractivity contribution is 0.207. The summed E-state index contributed by atoms with van der Waals surface area (Å²) in [6.45, 7) is 4.32. The number of carbonyl (C=O) groups is 1. The second kappa shape index (κ2) is 7.55. The fourth-order valence-electron chi connectivity index (χ4n) is 2.88. The van der Waals surface area contributed by atoms with Crippen LogP contribution in [0.3, 0.4) is 0 Å². The molecule has 1 aliphatic rings. The quantitative estimate of drug-likeness (QED) is 0.917. The number of hydrogen-bond donors (Lipinski definition) is 1. The van der Waals surface area contributed by atoms with Crippen LogP contribution in [0, 0.1) is 12.8 Å². The fourth-order valence-corrected chi connectivity index (χ4v) is 3.77. The molecule has 0 aliphatic carbocycles. The number of hydrogen-bond acceptors (Lipinski definition) is 4. The Morgan fingerprint density at radius 2 is 2.39 bits per heavy atom. The van der Waals surface area contributed by atoms with Gasteiger partial charge in [0.2, 0.25) is 0 Å². The number of carbonyl (C=O) groups excluding carboxylic acids is 1. The SMILES string of the molecule is Cc1csc(CC2CCN(C(=O)NCCc3ccccn3)C2)n1. The van der Waals surface area contributed by atoms with Gasteiger partial charge in [-0.2, -0.15) is 0 Å². The van der Waals surface area contributed by atoms with E-state index < -0.39 is 0 Å². The smallest absolute Gasteiger partial charge is 0.317 e. The predicted octanol–water partition coefficient (Wildman–Crippen LogP) is 2.66. The summed E-state index contributed by atoms with van der Waals surface area (Å²) in [4.78, 5) is 22.9. The Labute approximate surface area is 140 Å². The first-order valence-corrected chi connectivity index (χ1v) is 8.92. The molecule has 1 aliphatic heterocycles. The van der Waals surface area contributed by atoms with Crippen molar-refractivity contribution in [1.82, 2.24) is 20.2 Å². The zero-order valence-corrected chi connectivity index (χ0v) is 14.2. The molecule has 1 unspecified atom stereocenters. The highest BCUT2D eigenvalue weighted by Gasteiger charge is 2.26. The van der Waals surface area contributed by atoms with Crippen LogP contribution in [-0.2, 0) is 12.8 Å². The summed E-state index contributed by atoms with van der Waals surface area (Å²) in [6, 6.07) is 5.89. The molecule has 1 atom stereocenters. The lowest BCUT2D eigenvalue weighted by atomic mass is 10.1. The molecule has 0 aromatic carbocycles. The minimum absolute atomic E-state index is 0.0405. The number of urea groups is 1. The largest absolute Gasteiger partial charge is 0.338 e. The monoisotopic (exact) mass is 330 g/mol. The van der Waals surface area contributed by atoms with Crippen LogP contribution in [0.2, 0.25) is 0 Å². The minimum Gasteiger partial charge on any atom is -0.338 e. The van der Waals surface area contributed by atoms with Crippen LogP contribution in [0.5, 0.6) is 0 Å². The lowest BCUT2D eigenvalue weighted by Crippen LogP contribution is -2.39. The third-order valence-electron chi connectivity index (χ3n) is 4.09. The number of aryl methyl sites for hydroxylation is 1. The molecular weight excluding hydrogens is 308 g/mol. The first-order valence-electron chi connectivity index (χ1n) is 8.04. The van der Waals surface area contributed by atoms with Crippen molar-refractivity contribution in [2.75, 3.05) is 19.6 Å². The van der Waals surface area contributed by atoms with Crippen LogP contribution in [0.25, 0.3) is 0 Å². The summed E-state index contributed by atoms with van der Waals surface area (Å²) in [7, 11) is 0. The molecule has 3 rings (SSSR count). The highest BCUT2D eigenvalue weighted by Crippen LogP contribution is 2.22. The second-order valence-corrected chi connectivity index (χ2v) is 6.93. The van der Waals surface area contributed by atoms with Crippen molar-refractivity contribution in [3.8, 4) is 0 Å². The van der Waals surface area contributed by atoms with E-state index in [1.54, 1.807) is 17.5 Å². The third-order valence-corrected chi connectivity index (χ3v) is 5.08. The molecule has 5 nitrogen and oxygen atoms in total. The Kier molecular flexibility index (Phi) is 5.23. The van der Waals surface area contributed by atoms with Crippen LogP contribution >= 0.6 is 11.3 Å². The van der Waals surface area contributed by atoms with E-state index in [0.29, 0.717) is 12.5 Å². The van der Waals surface area contributed by atoms with Gasteiger partial charge in [0, 0.05) is 55.4 Å². The summed E-state index contributed by atoms with van der Waals surface area (Å²) in [6.07, 6.45) is 4.59. The molecular formula is C17H22N4OS. The van der Waals surface area contributed by atoms with Crippen molar-refractivity contribution in [3.05, 3.63) is 46.2 Å². The summed E-state index contributed by atoms with van der Waals surface area (Å²) in [5.74, 6) is 0.530. The topological polar surface area (TPSA) is 58.1 Å². The van der Waals surface area contributed by atoms with Gasteiger partial charge in [-0.15, -0.1) is 11.3 Å². The van der Waals surface area contributed by atoms with Crippen LogP contribution < -0.4 is 5.32 Å². The summed E-state index contributed by atoms with van der Waals surface area (Å²) in [5.41, 5.74) is 2.10. The van der Waals surface area contributed by atoms with E-state index in [1.165, 1.54) is 5.01 Å². The van der Waals surface area contributed by atoms with Crippen molar-refractivity contribution in [1.29, 1.82) is 0 Å². The molecule has 6 heteroatoms. The molecule has 0 saturated carbocycles. The summed E-state index contributed by atoms with van der Waals surface area (Å²) in [5, 5.41) is 6.27. The van der Waals surface area contributed by atoms with Crippen LogP contribution in [0.15, 0.2) is 29.8 Å². The lowest BCUT2D eigenvalue weighted by Gasteiger charge is -2.17. The molecule has 0 bridgehead atoms. The van der Waals surface area contributed by atoms with E-state index in [2.05, 4.69) is 20.7 Å². The van der Waals surface area contributed by atoms with Gasteiger partial charge < -0.3 is 10.2 Å². The van der Waals surface area contributed by atoms with Gasteiger partial charge in [-0.05, 0) is 31.4 Å². The van der Waals surface area contributed by atoms with Gasteiger partial charge >= 0.3 is 6.03 Å². The molecule has 3 heterocycles. The van der Waals surface area contributed by atoms with E-state index in [-0.39, 0.29) is 6.03 Å². The van der Waals surface area contributed by atoms with Crippen LogP contribution in [0.1, 0.15) is 22.8 Å². The molecule has 23 heavy (non-hydrogen) atoms. The first kappa shape index (κ1) is 15.9. The number of aromatic nitrogens is 2. The van der Waals surface area contributed by atoms with Crippen molar-refractivity contribution in [2.45, 2.75) is 26.2 Å². The average molecular weight is 330 g/mol. The van der Waals surface area contributed by atoms with Gasteiger partial charge in [-0.3, -0.25) is 4.98 Å². The average Bonchev–Trinajstić information content (AvgIpc) is 3.18. The van der Waals surface area contributed by atoms with Gasteiger partial charge in [0.1, 0.15) is 0 Å². The normalized spacial score (nSPS) is 17.4. The zero-order valence-electron chi connectivity index (χ0n) is 13.4. The van der Waals surface area contributed by atoms with Gasteiger partial charge in [0.15, 0.2) is 0 Å². The maximum atomic E-state index is 12.2. The molecule has 0 radical (unpaired) electrons. The molecule has 2 aromatic heterocycles. The number of thiazole rings is 1. The Bertz CT molecular complexity index is 643. The first-order chi connectivity index (χ1) is 11.2. The van der Waals surface area contributed by atoms with E-state index in [1.807, 2.05) is 30.0 Å². The number of nitrogens with zero attached hydrogens (tertiary/aromatic N) is 3. The molecule has 0 spiro atoms. The maximum Gasteiger partial charge on any atom is 0.317 e. The van der Waals surface area contributed by atoms with Gasteiger partial charge in [0.05, 0.1) is 5.01 Å². The molecule has 1 N–H and O–H groups in total. The van der Waals surface area contributed by atoms with Crippen LogP contribution in [-0.4, -0.2) is 40.5 Å². The van der Waals surface area contributed by atoms with Gasteiger partial charge in [-0.25, -0.2) is 9.78 Å². The van der Waals surface area contributed by atoms with E-state index >= 15 is 0 Å². The molecule has 122 valence electrons. The maximum absolute atomic E-state index is 12.2.